The summed E-state index contributed by atoms with van der Waals surface area (Å²) in [7, 11) is 0. The highest BCUT2D eigenvalue weighted by Crippen LogP contribution is 2.44. The number of aliphatic hydroxyl groups is 1. The van der Waals surface area contributed by atoms with Gasteiger partial charge < -0.3 is 14.6 Å². The van der Waals surface area contributed by atoms with E-state index in [1.807, 2.05) is 109 Å². The van der Waals surface area contributed by atoms with Crippen LogP contribution in [0.25, 0.3) is 16.5 Å². The Morgan fingerprint density at radius 3 is 2.45 bits per heavy atom. The first-order valence-corrected chi connectivity index (χ1v) is 16.6. The molecule has 0 bridgehead atoms. The van der Waals surface area contributed by atoms with Gasteiger partial charge in [0.15, 0.2) is 11.6 Å². The number of nitrogens with one attached hydrogen (secondary N) is 2. The zero-order valence-corrected chi connectivity index (χ0v) is 27.4. The van der Waals surface area contributed by atoms with E-state index in [9.17, 15) is 4.79 Å². The fourth-order valence-electron chi connectivity index (χ4n) is 5.71. The number of aliphatic hydroxyl groups excluding tert-OH is 1. The highest BCUT2D eigenvalue weighted by molar-refractivity contribution is 6.01. The Bertz CT molecular complexity index is 1740. The van der Waals surface area contributed by atoms with Crippen LogP contribution < -0.4 is 15.6 Å². The Labute approximate surface area is 287 Å². The second-order valence-electron chi connectivity index (χ2n) is 11.7. The van der Waals surface area contributed by atoms with E-state index in [0.29, 0.717) is 42.3 Å². The topological polar surface area (TPSA) is 141 Å². The summed E-state index contributed by atoms with van der Waals surface area (Å²) in [6.45, 7) is 1.13. The molecule has 0 unspecified atom stereocenters. The molecule has 1 aliphatic heterocycles. The van der Waals surface area contributed by atoms with Crippen molar-refractivity contribution in [3.8, 4) is 5.75 Å². The van der Waals surface area contributed by atoms with E-state index in [1.165, 1.54) is 5.56 Å². The van der Waals surface area contributed by atoms with E-state index in [-0.39, 0.29) is 25.5 Å². The predicted molar refractivity (Wildman–Crippen MR) is 192 cm³/mol. The maximum Gasteiger partial charge on any atom is 0.266 e. The molecule has 0 saturated heterocycles. The number of amides is 1. The molecule has 49 heavy (non-hydrogen) atoms. The van der Waals surface area contributed by atoms with Crippen molar-refractivity contribution in [2.45, 2.75) is 50.3 Å². The first kappa shape index (κ1) is 34.9. The lowest BCUT2D eigenvalue weighted by Gasteiger charge is -2.31. The molecule has 252 valence electrons. The van der Waals surface area contributed by atoms with Crippen molar-refractivity contribution in [3.05, 3.63) is 154 Å². The highest BCUT2D eigenvalue weighted by Gasteiger charge is 2.53. The third-order valence-corrected chi connectivity index (χ3v) is 8.27. The van der Waals surface area contributed by atoms with Gasteiger partial charge in [-0.1, -0.05) is 102 Å². The third-order valence-electron chi connectivity index (χ3n) is 8.27. The Balaban J connectivity index is 1.45. The molecule has 0 radical (unpaired) electrons. The van der Waals surface area contributed by atoms with E-state index in [1.54, 1.807) is 0 Å². The molecule has 4 aromatic carbocycles. The van der Waals surface area contributed by atoms with Crippen LogP contribution in [-0.2, 0) is 22.5 Å². The van der Waals surface area contributed by atoms with E-state index in [0.717, 1.165) is 30.4 Å². The second kappa shape index (κ2) is 18.2. The van der Waals surface area contributed by atoms with Crippen LogP contribution in [-0.4, -0.2) is 42.2 Å². The summed E-state index contributed by atoms with van der Waals surface area (Å²) < 4.78 is 12.4. The van der Waals surface area contributed by atoms with Gasteiger partial charge in [-0.3, -0.25) is 10.2 Å². The van der Waals surface area contributed by atoms with E-state index in [4.69, 9.17) is 25.1 Å². The largest absolute Gasteiger partial charge is 0.494 e. The first-order valence-electron chi connectivity index (χ1n) is 16.6. The van der Waals surface area contributed by atoms with Crippen LogP contribution in [0.1, 0.15) is 59.6 Å². The summed E-state index contributed by atoms with van der Waals surface area (Å²) >= 11 is 0. The number of hydrazine groups is 1. The van der Waals surface area contributed by atoms with Gasteiger partial charge in [0, 0.05) is 36.5 Å². The number of carbonyl (C=O) groups is 1. The molecule has 5 rings (SSSR count). The van der Waals surface area contributed by atoms with Crippen molar-refractivity contribution in [1.29, 1.82) is 0 Å². The van der Waals surface area contributed by atoms with Crippen LogP contribution in [0, 0.1) is 0 Å². The molecule has 0 aromatic heterocycles. The zero-order chi connectivity index (χ0) is 34.2. The van der Waals surface area contributed by atoms with Gasteiger partial charge >= 0.3 is 0 Å². The molecule has 10 nitrogen and oxygen atoms in total. The number of aliphatic imine (C=N–C) groups is 1. The lowest BCUT2D eigenvalue weighted by molar-refractivity contribution is -0.129. The summed E-state index contributed by atoms with van der Waals surface area (Å²) in [5.41, 5.74) is 18.2. The molecular weight excluding hydrogens is 616 g/mol. The minimum absolute atomic E-state index is 0.0523. The first-order chi connectivity index (χ1) is 24.1. The fraction of sp³-hybridized carbons (Fsp3) is 0.282. The SMILES string of the molecule is [N-]=[N+]=NCc1ccccc1[C@@H]1OC(c2ccc(OCCCO)cc2)=N[C@]1(C/C=C/c1ccccc1)C(=O)NNCCCCc1ccccc1. The number of azide groups is 1. The molecule has 3 N–H and O–H groups in total. The monoisotopic (exact) mass is 658 g/mol. The lowest BCUT2D eigenvalue weighted by Crippen LogP contribution is -2.52. The molecule has 0 fully saturated rings. The zero-order valence-electron chi connectivity index (χ0n) is 27.4. The van der Waals surface area contributed by atoms with Gasteiger partial charge in [-0.05, 0) is 71.3 Å². The van der Waals surface area contributed by atoms with Gasteiger partial charge in [-0.15, -0.1) is 0 Å². The Morgan fingerprint density at radius 1 is 0.959 bits per heavy atom. The Hall–Kier alpha value is -5.41. The van der Waals surface area contributed by atoms with E-state index >= 15 is 0 Å². The average molecular weight is 659 g/mol. The maximum atomic E-state index is 14.4. The molecule has 1 heterocycles. The Morgan fingerprint density at radius 2 is 1.69 bits per heavy atom. The quantitative estimate of drug-likeness (QED) is 0.0339. The van der Waals surface area contributed by atoms with E-state index < -0.39 is 11.6 Å². The standard InChI is InChI=1S/C39H42N6O4/c40-45-42-29-33-19-7-8-20-35(33)36-39(25-11-18-31-15-5-2-6-16-31,38(47)44-41-26-10-9-17-30-13-3-1-4-14-30)43-37(49-36)32-21-23-34(24-22-32)48-28-12-27-46/h1-8,11,13-16,18-24,36,41,46H,9-10,12,17,25-29H2,(H,44,47)/b18-11+/t36-,39-/m0/s1. The predicted octanol–water partition coefficient (Wildman–Crippen LogP) is 7.26. The number of aryl methyl sites for hydroxylation is 1. The van der Waals surface area contributed by atoms with Gasteiger partial charge in [0.1, 0.15) is 5.75 Å². The van der Waals surface area contributed by atoms with Crippen molar-refractivity contribution < 1.29 is 19.4 Å². The van der Waals surface area contributed by atoms with Gasteiger partial charge in [-0.25, -0.2) is 10.4 Å². The third kappa shape index (κ3) is 9.58. The van der Waals surface area contributed by atoms with Gasteiger partial charge in [0.05, 0.1) is 13.2 Å². The van der Waals surface area contributed by atoms with Crippen molar-refractivity contribution in [3.63, 3.8) is 0 Å². The molecule has 2 atom stereocenters. The van der Waals surface area contributed by atoms with Crippen molar-refractivity contribution >= 4 is 17.9 Å². The molecule has 1 aliphatic rings. The number of nitrogens with zero attached hydrogens (tertiary/aromatic N) is 4. The molecule has 10 heteroatoms. The smallest absolute Gasteiger partial charge is 0.266 e. The number of hydrogen-bond acceptors (Lipinski definition) is 7. The molecule has 0 aliphatic carbocycles. The molecular formula is C39H42N6O4. The van der Waals surface area contributed by atoms with Crippen molar-refractivity contribution in [2.75, 3.05) is 19.8 Å². The van der Waals surface area contributed by atoms with Crippen LogP contribution in [0.2, 0.25) is 0 Å². The summed E-state index contributed by atoms with van der Waals surface area (Å²) in [5.74, 6) is 0.630. The molecule has 0 spiro atoms. The average Bonchev–Trinajstić information content (AvgIpc) is 3.54. The van der Waals surface area contributed by atoms with Crippen LogP contribution >= 0.6 is 0 Å². The normalized spacial score (nSPS) is 16.8. The molecule has 4 aromatic rings. The Kier molecular flexibility index (Phi) is 13.0. The number of rotatable bonds is 18. The minimum atomic E-state index is -1.40. The van der Waals surface area contributed by atoms with Crippen LogP contribution in [0.5, 0.6) is 5.75 Å². The summed E-state index contributed by atoms with van der Waals surface area (Å²) in [6.07, 6.45) is 6.66. The second-order valence-corrected chi connectivity index (χ2v) is 11.7. The lowest BCUT2D eigenvalue weighted by atomic mass is 9.82. The van der Waals surface area contributed by atoms with Crippen LogP contribution in [0.3, 0.4) is 0 Å². The van der Waals surface area contributed by atoms with Crippen LogP contribution in [0.15, 0.2) is 125 Å². The minimum Gasteiger partial charge on any atom is -0.494 e. The number of ether oxygens (including phenoxy) is 2. The summed E-state index contributed by atoms with van der Waals surface area (Å²) in [4.78, 5) is 22.5. The number of benzene rings is 4. The van der Waals surface area contributed by atoms with E-state index in [2.05, 4.69) is 33.0 Å². The van der Waals surface area contributed by atoms with Crippen LogP contribution in [0.4, 0.5) is 0 Å². The number of hydrogen-bond donors (Lipinski definition) is 3. The summed E-state index contributed by atoms with van der Waals surface area (Å²) in [6, 6.07) is 35.0. The van der Waals surface area contributed by atoms with Gasteiger partial charge in [0.2, 0.25) is 5.90 Å². The maximum absolute atomic E-state index is 14.4. The summed E-state index contributed by atoms with van der Waals surface area (Å²) in [5, 5.41) is 12.9. The molecule has 0 saturated carbocycles. The van der Waals surface area contributed by atoms with Gasteiger partial charge in [0.25, 0.3) is 5.91 Å². The molecule has 1 amide bonds. The van der Waals surface area contributed by atoms with Crippen molar-refractivity contribution in [1.82, 2.24) is 10.9 Å². The van der Waals surface area contributed by atoms with Gasteiger partial charge in [-0.2, -0.15) is 0 Å². The highest BCUT2D eigenvalue weighted by atomic mass is 16.5. The van der Waals surface area contributed by atoms with Crippen molar-refractivity contribution in [2.24, 2.45) is 10.1 Å². The number of carbonyl (C=O) groups excluding carboxylic acids is 1. The fourth-order valence-corrected chi connectivity index (χ4v) is 5.71. The number of unbranched alkanes of at least 4 members (excludes halogenated alkanes) is 1.